The summed E-state index contributed by atoms with van der Waals surface area (Å²) in [7, 11) is 0. The summed E-state index contributed by atoms with van der Waals surface area (Å²) in [5, 5.41) is 1.82. The molecule has 0 aliphatic carbocycles. The number of ether oxygens (including phenoxy) is 2. The van der Waals surface area contributed by atoms with E-state index in [4.69, 9.17) is 26.1 Å². The van der Waals surface area contributed by atoms with Crippen molar-refractivity contribution in [2.45, 2.75) is 39.2 Å². The van der Waals surface area contributed by atoms with Gasteiger partial charge >= 0.3 is 5.97 Å². The number of aryl methyl sites for hydroxylation is 1. The first kappa shape index (κ1) is 23.0. The first-order chi connectivity index (χ1) is 15.5. The predicted molar refractivity (Wildman–Crippen MR) is 131 cm³/mol. The van der Waals surface area contributed by atoms with Crippen molar-refractivity contribution in [2.24, 2.45) is 5.92 Å². The maximum atomic E-state index is 12.5. The van der Waals surface area contributed by atoms with E-state index < -0.39 is 6.10 Å². The Balaban J connectivity index is 1.30. The number of carbonyl (C=O) groups excluding carboxylic acids is 1. The van der Waals surface area contributed by atoms with E-state index in [1.54, 1.807) is 11.3 Å². The number of aromatic nitrogens is 1. The third kappa shape index (κ3) is 5.42. The van der Waals surface area contributed by atoms with Crippen LogP contribution in [-0.2, 0) is 14.3 Å². The van der Waals surface area contributed by atoms with E-state index in [0.717, 1.165) is 63.8 Å². The highest BCUT2D eigenvalue weighted by Crippen LogP contribution is 2.33. The molecule has 170 valence electrons. The molecule has 1 saturated heterocycles. The largest absolute Gasteiger partial charge is 0.464 e. The van der Waals surface area contributed by atoms with Gasteiger partial charge in [-0.05, 0) is 68.4 Å². The third-order valence-electron chi connectivity index (χ3n) is 6.01. The first-order valence-corrected chi connectivity index (χ1v) is 12.4. The standard InChI is InChI=1S/C25H29ClN2O3S/c1-3-30-24(29)23(20-7-5-4-6-17(20)2)31-15-12-18-10-13-28(14-11-18)25-27-21-9-8-19(26)16-22(21)32-25/h4-9,16,18,23H,3,10-15H2,1-2H3. The van der Waals surface area contributed by atoms with Gasteiger partial charge in [-0.3, -0.25) is 0 Å². The molecule has 0 saturated carbocycles. The summed E-state index contributed by atoms with van der Waals surface area (Å²) in [5.74, 6) is 0.266. The van der Waals surface area contributed by atoms with Crippen LogP contribution in [0, 0.1) is 12.8 Å². The van der Waals surface area contributed by atoms with Crippen molar-refractivity contribution in [2.75, 3.05) is 31.2 Å². The molecule has 2 heterocycles. The highest BCUT2D eigenvalue weighted by molar-refractivity contribution is 7.22. The SMILES string of the molecule is CCOC(=O)C(OCCC1CCN(c2nc3ccc(Cl)cc3s2)CC1)c1ccccc1C. The summed E-state index contributed by atoms with van der Waals surface area (Å²) >= 11 is 7.81. The molecule has 1 aliphatic rings. The number of hydrogen-bond acceptors (Lipinski definition) is 6. The highest BCUT2D eigenvalue weighted by Gasteiger charge is 2.26. The molecular formula is C25H29ClN2O3S. The maximum absolute atomic E-state index is 12.5. The Morgan fingerprint density at radius 2 is 2.03 bits per heavy atom. The summed E-state index contributed by atoms with van der Waals surface area (Å²) in [5.41, 5.74) is 2.93. The van der Waals surface area contributed by atoms with Crippen LogP contribution in [-0.4, -0.2) is 37.3 Å². The number of carbonyl (C=O) groups is 1. The van der Waals surface area contributed by atoms with Gasteiger partial charge in [-0.25, -0.2) is 9.78 Å². The van der Waals surface area contributed by atoms with Gasteiger partial charge in [0.25, 0.3) is 0 Å². The van der Waals surface area contributed by atoms with Crippen LogP contribution < -0.4 is 4.90 Å². The van der Waals surface area contributed by atoms with E-state index in [-0.39, 0.29) is 5.97 Å². The van der Waals surface area contributed by atoms with E-state index in [9.17, 15) is 4.79 Å². The highest BCUT2D eigenvalue weighted by atomic mass is 35.5. The number of benzene rings is 2. The Kier molecular flexibility index (Phi) is 7.66. The lowest BCUT2D eigenvalue weighted by atomic mass is 9.94. The zero-order valence-corrected chi connectivity index (χ0v) is 20.1. The minimum atomic E-state index is -0.661. The maximum Gasteiger partial charge on any atom is 0.339 e. The second kappa shape index (κ2) is 10.6. The zero-order chi connectivity index (χ0) is 22.5. The molecule has 1 fully saturated rings. The van der Waals surface area contributed by atoms with Gasteiger partial charge in [0, 0.05) is 24.7 Å². The van der Waals surface area contributed by atoms with Crippen molar-refractivity contribution in [3.63, 3.8) is 0 Å². The molecule has 1 unspecified atom stereocenters. The number of piperidine rings is 1. The van der Waals surface area contributed by atoms with Crippen LogP contribution in [0.4, 0.5) is 5.13 Å². The predicted octanol–water partition coefficient (Wildman–Crippen LogP) is 6.19. The van der Waals surface area contributed by atoms with Gasteiger partial charge < -0.3 is 14.4 Å². The molecule has 0 bridgehead atoms. The quantitative estimate of drug-likeness (QED) is 0.366. The van der Waals surface area contributed by atoms with Crippen LogP contribution in [0.3, 0.4) is 0 Å². The number of esters is 1. The van der Waals surface area contributed by atoms with E-state index in [2.05, 4.69) is 4.90 Å². The van der Waals surface area contributed by atoms with Gasteiger partial charge in [0.15, 0.2) is 11.2 Å². The van der Waals surface area contributed by atoms with Crippen LogP contribution in [0.5, 0.6) is 0 Å². The summed E-state index contributed by atoms with van der Waals surface area (Å²) in [6, 6.07) is 13.7. The number of nitrogens with zero attached hydrogens (tertiary/aromatic N) is 2. The Morgan fingerprint density at radius 1 is 1.25 bits per heavy atom. The molecule has 32 heavy (non-hydrogen) atoms. The van der Waals surface area contributed by atoms with Gasteiger partial charge in [0.2, 0.25) is 0 Å². The fraction of sp³-hybridized carbons (Fsp3) is 0.440. The fourth-order valence-electron chi connectivity index (χ4n) is 4.17. The molecular weight excluding hydrogens is 444 g/mol. The number of anilines is 1. The van der Waals surface area contributed by atoms with E-state index in [1.165, 1.54) is 0 Å². The molecule has 0 spiro atoms. The molecule has 1 aliphatic heterocycles. The number of thiazole rings is 1. The van der Waals surface area contributed by atoms with Crippen LogP contribution >= 0.6 is 22.9 Å². The lowest BCUT2D eigenvalue weighted by molar-refractivity contribution is -0.157. The molecule has 0 N–H and O–H groups in total. The summed E-state index contributed by atoms with van der Waals surface area (Å²) in [6.07, 6.45) is 2.46. The molecule has 2 aromatic carbocycles. The molecule has 1 atom stereocenters. The Labute approximate surface area is 198 Å². The minimum Gasteiger partial charge on any atom is -0.464 e. The van der Waals surface area contributed by atoms with Crippen LogP contribution in [0.25, 0.3) is 10.2 Å². The van der Waals surface area contributed by atoms with Gasteiger partial charge in [-0.2, -0.15) is 0 Å². The van der Waals surface area contributed by atoms with Crippen LogP contribution in [0.2, 0.25) is 5.02 Å². The average Bonchev–Trinajstić information content (AvgIpc) is 3.21. The van der Waals surface area contributed by atoms with Crippen molar-refractivity contribution in [3.8, 4) is 0 Å². The molecule has 0 amide bonds. The normalized spacial score (nSPS) is 15.8. The molecule has 0 radical (unpaired) electrons. The molecule has 5 nitrogen and oxygen atoms in total. The number of hydrogen-bond donors (Lipinski definition) is 0. The second-order valence-electron chi connectivity index (χ2n) is 8.19. The topological polar surface area (TPSA) is 51.7 Å². The Bertz CT molecular complexity index is 1060. The van der Waals surface area contributed by atoms with Gasteiger partial charge in [-0.15, -0.1) is 0 Å². The van der Waals surface area contributed by atoms with Crippen molar-refractivity contribution in [1.82, 2.24) is 4.98 Å². The average molecular weight is 473 g/mol. The lowest BCUT2D eigenvalue weighted by Gasteiger charge is -2.32. The first-order valence-electron chi connectivity index (χ1n) is 11.2. The van der Waals surface area contributed by atoms with Crippen molar-refractivity contribution in [3.05, 3.63) is 58.6 Å². The van der Waals surface area contributed by atoms with E-state index in [0.29, 0.717) is 19.1 Å². The summed E-state index contributed by atoms with van der Waals surface area (Å²) in [6.45, 7) is 6.68. The van der Waals surface area contributed by atoms with Crippen molar-refractivity contribution < 1.29 is 14.3 Å². The number of halogens is 1. The zero-order valence-electron chi connectivity index (χ0n) is 18.6. The number of fused-ring (bicyclic) bond motifs is 1. The molecule has 1 aromatic heterocycles. The monoisotopic (exact) mass is 472 g/mol. The number of rotatable bonds is 8. The smallest absolute Gasteiger partial charge is 0.339 e. The van der Waals surface area contributed by atoms with Crippen LogP contribution in [0.1, 0.15) is 43.4 Å². The van der Waals surface area contributed by atoms with Crippen LogP contribution in [0.15, 0.2) is 42.5 Å². The lowest BCUT2D eigenvalue weighted by Crippen LogP contribution is -2.34. The second-order valence-corrected chi connectivity index (χ2v) is 9.63. The summed E-state index contributed by atoms with van der Waals surface area (Å²) in [4.78, 5) is 19.6. The Morgan fingerprint density at radius 3 is 2.78 bits per heavy atom. The van der Waals surface area contributed by atoms with E-state index in [1.807, 2.05) is 56.3 Å². The summed E-state index contributed by atoms with van der Waals surface area (Å²) < 4.78 is 12.5. The van der Waals surface area contributed by atoms with E-state index >= 15 is 0 Å². The minimum absolute atomic E-state index is 0.312. The molecule has 7 heteroatoms. The molecule has 4 rings (SSSR count). The van der Waals surface area contributed by atoms with Gasteiger partial charge in [0.1, 0.15) is 0 Å². The van der Waals surface area contributed by atoms with Gasteiger partial charge in [-0.1, -0.05) is 47.2 Å². The van der Waals surface area contributed by atoms with Crippen molar-refractivity contribution >= 4 is 44.3 Å². The van der Waals surface area contributed by atoms with Gasteiger partial charge in [0.05, 0.1) is 16.8 Å². The Hall–Kier alpha value is -2.15. The molecule has 3 aromatic rings. The van der Waals surface area contributed by atoms with Crippen molar-refractivity contribution in [1.29, 1.82) is 0 Å². The third-order valence-corrected chi connectivity index (χ3v) is 7.32. The fourth-order valence-corrected chi connectivity index (χ4v) is 5.46.